The Morgan fingerprint density at radius 1 is 1.19 bits per heavy atom. The average Bonchev–Trinajstić information content (AvgIpc) is 2.88. The summed E-state index contributed by atoms with van der Waals surface area (Å²) in [7, 11) is -5.65. The molecule has 8 heteroatoms. The molecule has 4 rings (SSSR count). The second-order valence-corrected chi connectivity index (χ2v) is 9.93. The summed E-state index contributed by atoms with van der Waals surface area (Å²) in [6, 6.07) is 4.48. The van der Waals surface area contributed by atoms with Crippen molar-refractivity contribution in [2.75, 3.05) is 0 Å². The van der Waals surface area contributed by atoms with Gasteiger partial charge in [-0.1, -0.05) is 13.0 Å². The van der Waals surface area contributed by atoms with E-state index in [1.807, 2.05) is 0 Å². The molecule has 2 fully saturated rings. The van der Waals surface area contributed by atoms with E-state index >= 15 is 0 Å². The van der Waals surface area contributed by atoms with Crippen LogP contribution < -0.4 is 4.18 Å². The molecule has 3 aliphatic rings. The molecule has 1 aromatic rings. The summed E-state index contributed by atoms with van der Waals surface area (Å²) in [5.41, 5.74) is -3.52. The van der Waals surface area contributed by atoms with Crippen molar-refractivity contribution in [3.63, 3.8) is 0 Å². The highest BCUT2D eigenvalue weighted by Crippen LogP contribution is 2.60. The first kappa shape index (κ1) is 19.1. The van der Waals surface area contributed by atoms with Crippen molar-refractivity contribution in [2.24, 2.45) is 17.3 Å². The van der Waals surface area contributed by atoms with Gasteiger partial charge in [0, 0.05) is 0 Å². The van der Waals surface area contributed by atoms with Crippen molar-refractivity contribution < 1.29 is 30.9 Å². The normalized spacial score (nSPS) is 35.9. The molecule has 2 saturated carbocycles. The van der Waals surface area contributed by atoms with Crippen LogP contribution in [0.25, 0.3) is 0 Å². The maximum atomic E-state index is 12.5. The number of alkyl halides is 3. The quantitative estimate of drug-likeness (QED) is 0.595. The van der Waals surface area contributed by atoms with Crippen LogP contribution in [0.4, 0.5) is 13.2 Å². The number of aliphatic hydroxyl groups is 1. The third kappa shape index (κ3) is 2.95. The first-order valence-corrected chi connectivity index (χ1v) is 10.8. The van der Waals surface area contributed by atoms with Crippen LogP contribution in [-0.2, 0) is 16.5 Å². The fourth-order valence-corrected chi connectivity index (χ4v) is 6.21. The summed E-state index contributed by atoms with van der Waals surface area (Å²) in [4.78, 5) is 0. The molecule has 4 nitrogen and oxygen atoms in total. The first-order valence-electron chi connectivity index (χ1n) is 9.34. The highest BCUT2D eigenvalue weighted by Gasteiger charge is 2.54. The number of aryl methyl sites for hydroxylation is 1. The molecule has 27 heavy (non-hydrogen) atoms. The summed E-state index contributed by atoms with van der Waals surface area (Å²) in [5, 5.41) is 10.4. The van der Waals surface area contributed by atoms with Gasteiger partial charge < -0.3 is 9.29 Å². The molecule has 0 saturated heterocycles. The van der Waals surface area contributed by atoms with E-state index in [1.165, 1.54) is 12.1 Å². The predicted molar refractivity (Wildman–Crippen MR) is 92.7 cm³/mol. The molecule has 1 N–H and O–H groups in total. The molecule has 1 aromatic carbocycles. The summed E-state index contributed by atoms with van der Waals surface area (Å²) in [6.07, 6.45) is 5.04. The molecular weight excluding hydrogens is 381 g/mol. The standard InChI is InChI=1S/C19H23F3O4S/c1-18-9-8-14-13-5-3-12(26-27(24,25)19(20,21)22)10-11(13)2-4-15(14)16(18)6-7-17(18)23/h3,5,10,14-17,23H,2,4,6-9H2,1H3/t14?,15-,16+,17+,18+/m1/s1. The summed E-state index contributed by atoms with van der Waals surface area (Å²) in [6.45, 7) is 2.18. The van der Waals surface area contributed by atoms with E-state index in [4.69, 9.17) is 0 Å². The lowest BCUT2D eigenvalue weighted by Crippen LogP contribution is -2.43. The van der Waals surface area contributed by atoms with Crippen LogP contribution >= 0.6 is 0 Å². The number of fused-ring (bicyclic) bond motifs is 5. The van der Waals surface area contributed by atoms with Gasteiger partial charge in [0.25, 0.3) is 0 Å². The van der Waals surface area contributed by atoms with E-state index in [0.29, 0.717) is 24.2 Å². The number of rotatable bonds is 2. The van der Waals surface area contributed by atoms with Crippen molar-refractivity contribution in [1.82, 2.24) is 0 Å². The summed E-state index contributed by atoms with van der Waals surface area (Å²) >= 11 is 0. The van der Waals surface area contributed by atoms with E-state index in [2.05, 4.69) is 11.1 Å². The van der Waals surface area contributed by atoms with Crippen LogP contribution in [0.2, 0.25) is 0 Å². The van der Waals surface area contributed by atoms with Crippen LogP contribution in [-0.4, -0.2) is 25.1 Å². The maximum absolute atomic E-state index is 12.5. The van der Waals surface area contributed by atoms with Crippen molar-refractivity contribution >= 4 is 10.1 Å². The molecule has 150 valence electrons. The van der Waals surface area contributed by atoms with Gasteiger partial charge in [0.2, 0.25) is 0 Å². The van der Waals surface area contributed by atoms with Gasteiger partial charge in [-0.05, 0) is 85.0 Å². The molecule has 0 aliphatic heterocycles. The predicted octanol–water partition coefficient (Wildman–Crippen LogP) is 4.13. The Bertz CT molecular complexity index is 851. The lowest BCUT2D eigenvalue weighted by molar-refractivity contribution is -0.0500. The number of hydrogen-bond acceptors (Lipinski definition) is 4. The zero-order valence-electron chi connectivity index (χ0n) is 15.0. The second-order valence-electron chi connectivity index (χ2n) is 8.40. The lowest BCUT2D eigenvalue weighted by Gasteiger charge is -2.50. The van der Waals surface area contributed by atoms with Gasteiger partial charge in [-0.15, -0.1) is 0 Å². The minimum atomic E-state index is -5.65. The highest BCUT2D eigenvalue weighted by atomic mass is 32.2. The van der Waals surface area contributed by atoms with Gasteiger partial charge in [-0.25, -0.2) is 0 Å². The summed E-state index contributed by atoms with van der Waals surface area (Å²) < 4.78 is 64.4. The molecule has 0 heterocycles. The Labute approximate surface area is 156 Å². The van der Waals surface area contributed by atoms with Crippen molar-refractivity contribution in [3.05, 3.63) is 29.3 Å². The first-order chi connectivity index (χ1) is 12.5. The van der Waals surface area contributed by atoms with E-state index in [9.17, 15) is 26.7 Å². The molecule has 1 unspecified atom stereocenters. The largest absolute Gasteiger partial charge is 0.534 e. The average molecular weight is 404 g/mol. The van der Waals surface area contributed by atoms with Crippen LogP contribution in [0.3, 0.4) is 0 Å². The van der Waals surface area contributed by atoms with Crippen molar-refractivity contribution in [2.45, 2.75) is 63.0 Å². The lowest BCUT2D eigenvalue weighted by atomic mass is 9.55. The van der Waals surface area contributed by atoms with Crippen LogP contribution in [0.1, 0.15) is 56.1 Å². The molecule has 0 aromatic heterocycles. The Hall–Kier alpha value is -1.28. The molecule has 3 aliphatic carbocycles. The number of hydrogen-bond donors (Lipinski definition) is 1. The van der Waals surface area contributed by atoms with E-state index in [1.54, 1.807) is 6.07 Å². The van der Waals surface area contributed by atoms with E-state index < -0.39 is 15.6 Å². The van der Waals surface area contributed by atoms with Gasteiger partial charge >= 0.3 is 15.6 Å². The van der Waals surface area contributed by atoms with Crippen molar-refractivity contribution in [3.8, 4) is 5.75 Å². The van der Waals surface area contributed by atoms with E-state index in [-0.39, 0.29) is 17.3 Å². The maximum Gasteiger partial charge on any atom is 0.534 e. The minimum absolute atomic E-state index is 0.0392. The Morgan fingerprint density at radius 2 is 1.93 bits per heavy atom. The van der Waals surface area contributed by atoms with E-state index in [0.717, 1.165) is 43.2 Å². The van der Waals surface area contributed by atoms with Gasteiger partial charge in [0.05, 0.1) is 6.10 Å². The van der Waals surface area contributed by atoms with Crippen molar-refractivity contribution in [1.29, 1.82) is 0 Å². The zero-order valence-corrected chi connectivity index (χ0v) is 15.8. The van der Waals surface area contributed by atoms with Crippen LogP contribution in [0.5, 0.6) is 5.75 Å². The molecule has 0 radical (unpaired) electrons. The molecule has 0 bridgehead atoms. The van der Waals surface area contributed by atoms with Crippen LogP contribution in [0, 0.1) is 17.3 Å². The number of benzene rings is 1. The zero-order chi connectivity index (χ0) is 19.6. The number of aliphatic hydroxyl groups excluding tert-OH is 1. The fourth-order valence-electron chi connectivity index (χ4n) is 5.76. The number of halogens is 3. The fraction of sp³-hybridized carbons (Fsp3) is 0.684. The van der Waals surface area contributed by atoms with Crippen LogP contribution in [0.15, 0.2) is 18.2 Å². The SMILES string of the molecule is C[C@]12CCC3c4ccc(OS(=O)(=O)C(F)(F)F)cc4CC[C@H]3[C@@H]1CC[C@@H]2O. The second kappa shape index (κ2) is 6.11. The molecule has 0 amide bonds. The van der Waals surface area contributed by atoms with Gasteiger partial charge in [0.1, 0.15) is 5.75 Å². The smallest absolute Gasteiger partial charge is 0.393 e. The Balaban J connectivity index is 1.60. The third-order valence-electron chi connectivity index (χ3n) is 7.14. The molecule has 5 atom stereocenters. The minimum Gasteiger partial charge on any atom is -0.393 e. The third-order valence-corrected chi connectivity index (χ3v) is 8.12. The van der Waals surface area contributed by atoms with Gasteiger partial charge in [0.15, 0.2) is 0 Å². The Morgan fingerprint density at radius 3 is 2.63 bits per heavy atom. The van der Waals surface area contributed by atoms with Gasteiger partial charge in [-0.3, -0.25) is 0 Å². The highest BCUT2D eigenvalue weighted by molar-refractivity contribution is 7.88. The molecular formula is C19H23F3O4S. The monoisotopic (exact) mass is 404 g/mol. The topological polar surface area (TPSA) is 63.6 Å². The Kier molecular flexibility index (Phi) is 4.31. The molecule has 0 spiro atoms. The van der Waals surface area contributed by atoms with Gasteiger partial charge in [-0.2, -0.15) is 21.6 Å². The summed E-state index contributed by atoms with van der Waals surface area (Å²) in [5.74, 6) is 0.937.